The molecule has 0 unspecified atom stereocenters. The zero-order valence-corrected chi connectivity index (χ0v) is 13.3. The number of ketones is 1. The zero-order valence-electron chi connectivity index (χ0n) is 13.3. The molecule has 1 aromatic carbocycles. The lowest BCUT2D eigenvalue weighted by Gasteiger charge is -2.06. The van der Waals surface area contributed by atoms with Crippen LogP contribution in [-0.2, 0) is 18.3 Å². The van der Waals surface area contributed by atoms with E-state index in [4.69, 9.17) is 0 Å². The van der Waals surface area contributed by atoms with Gasteiger partial charge < -0.3 is 4.57 Å². The molecular weight excluding hydrogens is 288 g/mol. The number of rotatable bonds is 4. The molecule has 0 bridgehead atoms. The van der Waals surface area contributed by atoms with Gasteiger partial charge in [-0.3, -0.25) is 4.79 Å². The van der Waals surface area contributed by atoms with Crippen LogP contribution in [0.25, 0.3) is 22.2 Å². The van der Waals surface area contributed by atoms with Crippen molar-refractivity contribution in [3.05, 3.63) is 42.0 Å². The molecule has 1 fully saturated rings. The first kappa shape index (κ1) is 14.1. The number of carbonyl (C=O) groups excluding carboxylic acids is 1. The molecule has 0 radical (unpaired) electrons. The fourth-order valence-electron chi connectivity index (χ4n) is 2.83. The van der Waals surface area contributed by atoms with E-state index in [0.717, 1.165) is 46.5 Å². The molecule has 5 heteroatoms. The number of Topliss-reactive ketones (excluding diaryl/α,β-unsaturated/α-hetero) is 1. The Balaban J connectivity index is 1.71. The summed E-state index contributed by atoms with van der Waals surface area (Å²) in [5.41, 5.74) is 3.76. The molecule has 0 saturated heterocycles. The molecule has 1 saturated carbocycles. The Morgan fingerprint density at radius 3 is 2.78 bits per heavy atom. The van der Waals surface area contributed by atoms with Crippen LogP contribution in [-0.4, -0.2) is 25.5 Å². The van der Waals surface area contributed by atoms with E-state index in [1.165, 1.54) is 0 Å². The molecule has 0 spiro atoms. The molecule has 1 aliphatic carbocycles. The standard InChI is InChI=1S/C18H18N4O/c1-11-19-10-17(22(11)2)13-5-6-16-14(7-13)8-15(20-21-16)9-18(23)12-3-4-12/h5-8,10,12H,3-4,9H2,1-2H3. The summed E-state index contributed by atoms with van der Waals surface area (Å²) in [6.07, 6.45) is 4.33. The van der Waals surface area contributed by atoms with E-state index in [9.17, 15) is 4.79 Å². The van der Waals surface area contributed by atoms with Gasteiger partial charge in [-0.1, -0.05) is 6.07 Å². The van der Waals surface area contributed by atoms with Crippen molar-refractivity contribution in [1.29, 1.82) is 0 Å². The van der Waals surface area contributed by atoms with Crippen molar-refractivity contribution < 1.29 is 4.79 Å². The smallest absolute Gasteiger partial charge is 0.141 e. The van der Waals surface area contributed by atoms with Gasteiger partial charge in [0.25, 0.3) is 0 Å². The van der Waals surface area contributed by atoms with Crippen LogP contribution in [0.1, 0.15) is 24.4 Å². The van der Waals surface area contributed by atoms with Gasteiger partial charge in [-0.05, 0) is 38.0 Å². The maximum Gasteiger partial charge on any atom is 0.141 e. The Hall–Kier alpha value is -2.56. The van der Waals surface area contributed by atoms with Crippen LogP contribution in [0, 0.1) is 12.8 Å². The zero-order chi connectivity index (χ0) is 16.0. The lowest BCUT2D eigenvalue weighted by atomic mass is 10.1. The van der Waals surface area contributed by atoms with E-state index in [2.05, 4.69) is 25.8 Å². The van der Waals surface area contributed by atoms with Crippen LogP contribution >= 0.6 is 0 Å². The van der Waals surface area contributed by atoms with E-state index in [-0.39, 0.29) is 11.7 Å². The van der Waals surface area contributed by atoms with Gasteiger partial charge in [-0.2, -0.15) is 10.2 Å². The molecule has 2 heterocycles. The number of carbonyl (C=O) groups is 1. The quantitative estimate of drug-likeness (QED) is 0.743. The molecule has 23 heavy (non-hydrogen) atoms. The van der Waals surface area contributed by atoms with Crippen molar-refractivity contribution in [2.24, 2.45) is 13.0 Å². The number of aryl methyl sites for hydroxylation is 1. The summed E-state index contributed by atoms with van der Waals surface area (Å²) in [5.74, 6) is 1.52. The molecule has 3 aromatic rings. The molecule has 116 valence electrons. The van der Waals surface area contributed by atoms with Crippen LogP contribution in [0.5, 0.6) is 0 Å². The second kappa shape index (κ2) is 5.26. The highest BCUT2D eigenvalue weighted by molar-refractivity contribution is 5.87. The predicted molar refractivity (Wildman–Crippen MR) is 87.9 cm³/mol. The highest BCUT2D eigenvalue weighted by atomic mass is 16.1. The van der Waals surface area contributed by atoms with Crippen LogP contribution < -0.4 is 0 Å². The average molecular weight is 306 g/mol. The minimum atomic E-state index is 0.260. The van der Waals surface area contributed by atoms with Gasteiger partial charge in [0.05, 0.1) is 29.5 Å². The summed E-state index contributed by atoms with van der Waals surface area (Å²) in [6, 6.07) is 8.07. The fourth-order valence-corrected chi connectivity index (χ4v) is 2.83. The topological polar surface area (TPSA) is 60.7 Å². The summed E-state index contributed by atoms with van der Waals surface area (Å²) >= 11 is 0. The molecule has 0 aliphatic heterocycles. The molecule has 2 aromatic heterocycles. The number of hydrogen-bond donors (Lipinski definition) is 0. The highest BCUT2D eigenvalue weighted by Crippen LogP contribution is 2.31. The lowest BCUT2D eigenvalue weighted by Crippen LogP contribution is -2.07. The second-order valence-electron chi connectivity index (χ2n) is 6.28. The molecule has 5 nitrogen and oxygen atoms in total. The molecule has 0 N–H and O–H groups in total. The van der Waals surface area contributed by atoms with Crippen LogP contribution in [0.15, 0.2) is 30.5 Å². The van der Waals surface area contributed by atoms with Gasteiger partial charge in [0.1, 0.15) is 11.6 Å². The Bertz CT molecular complexity index is 909. The number of aromatic nitrogens is 4. The highest BCUT2D eigenvalue weighted by Gasteiger charge is 2.29. The Labute approximate surface area is 134 Å². The predicted octanol–water partition coefficient (Wildman–Crippen LogP) is 2.86. The van der Waals surface area contributed by atoms with Gasteiger partial charge in [-0.25, -0.2) is 4.98 Å². The Morgan fingerprint density at radius 1 is 1.26 bits per heavy atom. The first-order chi connectivity index (χ1) is 11.1. The molecular formula is C18H18N4O. The van der Waals surface area contributed by atoms with Gasteiger partial charge in [0, 0.05) is 23.9 Å². The minimum Gasteiger partial charge on any atom is -0.331 e. The maximum atomic E-state index is 12.0. The lowest BCUT2D eigenvalue weighted by molar-refractivity contribution is -0.119. The van der Waals surface area contributed by atoms with E-state index < -0.39 is 0 Å². The molecule has 0 amide bonds. The minimum absolute atomic E-state index is 0.260. The molecule has 4 rings (SSSR count). The average Bonchev–Trinajstić information content (AvgIpc) is 3.34. The first-order valence-corrected chi connectivity index (χ1v) is 7.89. The normalized spacial score (nSPS) is 14.3. The van der Waals surface area contributed by atoms with Crippen LogP contribution in [0.4, 0.5) is 0 Å². The van der Waals surface area contributed by atoms with Crippen molar-refractivity contribution in [1.82, 2.24) is 19.7 Å². The molecule has 1 aliphatic rings. The van der Waals surface area contributed by atoms with E-state index >= 15 is 0 Å². The third-order valence-electron chi connectivity index (χ3n) is 4.54. The third kappa shape index (κ3) is 2.63. The van der Waals surface area contributed by atoms with Crippen LogP contribution in [0.3, 0.4) is 0 Å². The largest absolute Gasteiger partial charge is 0.331 e. The SMILES string of the molecule is Cc1ncc(-c2ccc3nnc(CC(=O)C4CC4)cc3c2)n1C. The Kier molecular flexibility index (Phi) is 3.22. The maximum absolute atomic E-state index is 12.0. The van der Waals surface area contributed by atoms with Crippen molar-refractivity contribution in [3.8, 4) is 11.3 Å². The van der Waals surface area contributed by atoms with Crippen molar-refractivity contribution in [3.63, 3.8) is 0 Å². The number of fused-ring (bicyclic) bond motifs is 1. The summed E-state index contributed by atoms with van der Waals surface area (Å²) in [7, 11) is 2.01. The summed E-state index contributed by atoms with van der Waals surface area (Å²) < 4.78 is 2.06. The van der Waals surface area contributed by atoms with E-state index in [0.29, 0.717) is 6.42 Å². The van der Waals surface area contributed by atoms with Gasteiger partial charge >= 0.3 is 0 Å². The summed E-state index contributed by atoms with van der Waals surface area (Å²) in [6.45, 7) is 1.98. The van der Waals surface area contributed by atoms with E-state index in [1.54, 1.807) is 0 Å². The number of nitrogens with zero attached hydrogens (tertiary/aromatic N) is 4. The third-order valence-corrected chi connectivity index (χ3v) is 4.54. The van der Waals surface area contributed by atoms with Crippen molar-refractivity contribution in [2.45, 2.75) is 26.2 Å². The molecule has 0 atom stereocenters. The number of benzene rings is 1. The second-order valence-corrected chi connectivity index (χ2v) is 6.28. The first-order valence-electron chi connectivity index (χ1n) is 7.89. The Morgan fingerprint density at radius 2 is 2.09 bits per heavy atom. The van der Waals surface area contributed by atoms with Gasteiger partial charge in [-0.15, -0.1) is 0 Å². The monoisotopic (exact) mass is 306 g/mol. The van der Waals surface area contributed by atoms with Crippen LogP contribution in [0.2, 0.25) is 0 Å². The van der Waals surface area contributed by atoms with Gasteiger partial charge in [0.15, 0.2) is 0 Å². The van der Waals surface area contributed by atoms with Gasteiger partial charge in [0.2, 0.25) is 0 Å². The fraction of sp³-hybridized carbons (Fsp3) is 0.333. The van der Waals surface area contributed by atoms with Crippen molar-refractivity contribution in [2.75, 3.05) is 0 Å². The van der Waals surface area contributed by atoms with Crippen molar-refractivity contribution >= 4 is 16.7 Å². The summed E-state index contributed by atoms with van der Waals surface area (Å²) in [4.78, 5) is 16.3. The summed E-state index contributed by atoms with van der Waals surface area (Å²) in [5, 5.41) is 9.45. The number of imidazole rings is 1. The number of hydrogen-bond acceptors (Lipinski definition) is 4. The van der Waals surface area contributed by atoms with E-state index in [1.807, 2.05) is 38.4 Å².